The van der Waals surface area contributed by atoms with Gasteiger partial charge in [0, 0.05) is 43.7 Å². The number of benzene rings is 1. The number of pyridine rings is 1. The molecule has 1 fully saturated rings. The van der Waals surface area contributed by atoms with E-state index in [4.69, 9.17) is 16.3 Å². The lowest BCUT2D eigenvalue weighted by Gasteiger charge is -2.34. The summed E-state index contributed by atoms with van der Waals surface area (Å²) in [6, 6.07) is 5.93. The molecule has 3 aromatic rings. The summed E-state index contributed by atoms with van der Waals surface area (Å²) >= 11 is 6.43. The van der Waals surface area contributed by atoms with Crippen LogP contribution in [0, 0.1) is 5.92 Å². The van der Waals surface area contributed by atoms with Crippen LogP contribution in [0.25, 0.3) is 10.9 Å². The highest BCUT2D eigenvalue weighted by Gasteiger charge is 2.26. The van der Waals surface area contributed by atoms with Crippen molar-refractivity contribution < 1.29 is 9.84 Å². The normalized spacial score (nSPS) is 22.5. The Morgan fingerprint density at radius 2 is 2.12 bits per heavy atom. The van der Waals surface area contributed by atoms with Gasteiger partial charge in [-0.1, -0.05) is 18.5 Å². The van der Waals surface area contributed by atoms with Gasteiger partial charge in [-0.15, -0.1) is 0 Å². The number of hydrogen-bond acceptors (Lipinski definition) is 8. The molecule has 0 spiro atoms. The third-order valence-corrected chi connectivity index (χ3v) is 6.73. The fraction of sp³-hybridized carbons (Fsp3) is 0.458. The van der Waals surface area contributed by atoms with Crippen molar-refractivity contribution in [1.82, 2.24) is 14.5 Å². The van der Waals surface area contributed by atoms with Crippen LogP contribution in [-0.2, 0) is 7.05 Å². The lowest BCUT2D eigenvalue weighted by Crippen LogP contribution is -2.43. The van der Waals surface area contributed by atoms with Crippen molar-refractivity contribution in [3.8, 4) is 5.75 Å². The summed E-state index contributed by atoms with van der Waals surface area (Å²) in [7, 11) is 1.75. The minimum absolute atomic E-state index is 0.161. The summed E-state index contributed by atoms with van der Waals surface area (Å²) < 4.78 is 7.44. The zero-order valence-corrected chi connectivity index (χ0v) is 20.3. The largest absolute Gasteiger partial charge is 0.486 e. The maximum absolute atomic E-state index is 12.9. The molecule has 2 aliphatic heterocycles. The topological polar surface area (TPSA) is 105 Å². The fourth-order valence-electron chi connectivity index (χ4n) is 4.75. The molecule has 1 saturated heterocycles. The first kappa shape index (κ1) is 22.7. The molecule has 4 heterocycles. The van der Waals surface area contributed by atoms with E-state index in [1.807, 2.05) is 23.1 Å². The summed E-state index contributed by atoms with van der Waals surface area (Å²) in [6.45, 7) is 5.94. The van der Waals surface area contributed by atoms with Gasteiger partial charge in [-0.05, 0) is 37.5 Å². The van der Waals surface area contributed by atoms with Crippen LogP contribution in [0.4, 0.5) is 23.1 Å². The molecule has 0 radical (unpaired) electrons. The van der Waals surface area contributed by atoms with Gasteiger partial charge >= 0.3 is 0 Å². The molecule has 180 valence electrons. The molecule has 0 aliphatic carbocycles. The quantitative estimate of drug-likeness (QED) is 0.518. The van der Waals surface area contributed by atoms with Gasteiger partial charge < -0.3 is 29.9 Å². The highest BCUT2D eigenvalue weighted by atomic mass is 35.5. The average molecular weight is 485 g/mol. The number of hydrogen-bond donors (Lipinski definition) is 3. The average Bonchev–Trinajstić information content (AvgIpc) is 3.00. The number of β-amino-alcohol motifs (C(OH)–C–C–N with tert-alkyl or cyclic N) is 1. The van der Waals surface area contributed by atoms with Crippen LogP contribution < -0.4 is 25.8 Å². The van der Waals surface area contributed by atoms with Crippen molar-refractivity contribution in [2.24, 2.45) is 13.0 Å². The predicted octanol–water partition coefficient (Wildman–Crippen LogP) is 3.52. The molecule has 0 saturated carbocycles. The Morgan fingerprint density at radius 1 is 1.29 bits per heavy atom. The van der Waals surface area contributed by atoms with Crippen molar-refractivity contribution >= 4 is 45.6 Å². The summed E-state index contributed by atoms with van der Waals surface area (Å²) in [5.41, 5.74) is 2.11. The molecule has 3 atom stereocenters. The van der Waals surface area contributed by atoms with E-state index < -0.39 is 6.10 Å². The molecular weight excluding hydrogens is 456 g/mol. The Labute approximate surface area is 202 Å². The number of nitrogens with one attached hydrogen (secondary N) is 2. The number of halogens is 1. The molecule has 1 aromatic carbocycles. The Balaban J connectivity index is 1.52. The maximum atomic E-state index is 12.9. The molecule has 0 amide bonds. The summed E-state index contributed by atoms with van der Waals surface area (Å²) in [6.07, 6.45) is 2.75. The van der Waals surface area contributed by atoms with E-state index in [0.29, 0.717) is 47.3 Å². The molecule has 3 N–H and O–H groups in total. The molecule has 1 unspecified atom stereocenters. The molecule has 2 aromatic heterocycles. The Kier molecular flexibility index (Phi) is 5.99. The number of ether oxygens (including phenoxy) is 1. The first-order valence-electron chi connectivity index (χ1n) is 11.6. The van der Waals surface area contributed by atoms with Gasteiger partial charge in [-0.3, -0.25) is 4.79 Å². The number of aliphatic hydroxyl groups is 1. The Morgan fingerprint density at radius 3 is 2.91 bits per heavy atom. The number of rotatable bonds is 3. The highest BCUT2D eigenvalue weighted by Crippen LogP contribution is 2.35. The molecule has 2 aliphatic rings. The third-order valence-electron chi connectivity index (χ3n) is 6.46. The van der Waals surface area contributed by atoms with Gasteiger partial charge in [0.05, 0.1) is 30.1 Å². The van der Waals surface area contributed by atoms with Gasteiger partial charge in [-0.25, -0.2) is 4.98 Å². The number of anilines is 4. The van der Waals surface area contributed by atoms with Crippen LogP contribution in [0.5, 0.6) is 5.75 Å². The van der Waals surface area contributed by atoms with Crippen LogP contribution in [0.15, 0.2) is 29.2 Å². The van der Waals surface area contributed by atoms with E-state index in [1.54, 1.807) is 17.8 Å². The first-order chi connectivity index (χ1) is 16.3. The van der Waals surface area contributed by atoms with Crippen molar-refractivity contribution in [1.29, 1.82) is 0 Å². The number of aromatic nitrogens is 3. The maximum Gasteiger partial charge on any atom is 0.295 e. The van der Waals surface area contributed by atoms with Crippen LogP contribution in [-0.4, -0.2) is 51.5 Å². The predicted molar refractivity (Wildman–Crippen MR) is 135 cm³/mol. The van der Waals surface area contributed by atoms with Crippen LogP contribution in [0.3, 0.4) is 0 Å². The Hall–Kier alpha value is -3.04. The number of fused-ring (bicyclic) bond motifs is 3. The molecule has 34 heavy (non-hydrogen) atoms. The lowest BCUT2D eigenvalue weighted by molar-refractivity contribution is 0.132. The van der Waals surface area contributed by atoms with E-state index in [0.717, 1.165) is 36.0 Å². The van der Waals surface area contributed by atoms with Gasteiger partial charge in [0.25, 0.3) is 5.56 Å². The van der Waals surface area contributed by atoms with Crippen LogP contribution in [0.2, 0.25) is 5.02 Å². The molecule has 5 rings (SSSR count). The Bertz CT molecular complexity index is 1290. The second-order valence-electron chi connectivity index (χ2n) is 9.37. The summed E-state index contributed by atoms with van der Waals surface area (Å²) in [5.74, 6) is 1.70. The molecular formula is C24H29ClN6O3. The highest BCUT2D eigenvalue weighted by molar-refractivity contribution is 6.32. The second kappa shape index (κ2) is 8.96. The van der Waals surface area contributed by atoms with Crippen molar-refractivity contribution in [3.63, 3.8) is 0 Å². The molecule has 9 nitrogen and oxygen atoms in total. The van der Waals surface area contributed by atoms with Gasteiger partial charge in [0.1, 0.15) is 5.02 Å². The monoisotopic (exact) mass is 484 g/mol. The molecule has 10 heteroatoms. The van der Waals surface area contributed by atoms with Gasteiger partial charge in [0.2, 0.25) is 11.7 Å². The minimum Gasteiger partial charge on any atom is -0.486 e. The second-order valence-corrected chi connectivity index (χ2v) is 9.78. The number of aliphatic hydroxyl groups excluding tert-OH is 1. The first-order valence-corrected chi connectivity index (χ1v) is 12.0. The minimum atomic E-state index is -0.404. The third kappa shape index (κ3) is 4.25. The van der Waals surface area contributed by atoms with E-state index in [-0.39, 0.29) is 11.6 Å². The van der Waals surface area contributed by atoms with E-state index >= 15 is 0 Å². The number of piperidine rings is 1. The van der Waals surface area contributed by atoms with Gasteiger partial charge in [-0.2, -0.15) is 4.98 Å². The van der Waals surface area contributed by atoms with Gasteiger partial charge in [0.15, 0.2) is 5.82 Å². The fourth-order valence-corrected chi connectivity index (χ4v) is 4.89. The van der Waals surface area contributed by atoms with Crippen molar-refractivity contribution in [2.45, 2.75) is 38.8 Å². The summed E-state index contributed by atoms with van der Waals surface area (Å²) in [5, 5.41) is 18.2. The van der Waals surface area contributed by atoms with E-state index in [1.165, 1.54) is 0 Å². The standard InChI is InChI=1S/C24H29ClN6O3/c1-13-8-16(32)12-31(11-13)24-26-10-18(25)22(29-24)28-15-4-5-19-17(9-15)20-21(23(33)30(19)3)34-7-6-14(2)27-20/h4-5,9-10,13-14,16,27,32H,6-8,11-12H2,1-3H3,(H,26,28,29)/t13-,14?,16+/m0/s1. The van der Waals surface area contributed by atoms with E-state index in [2.05, 4.69) is 34.4 Å². The van der Waals surface area contributed by atoms with Crippen molar-refractivity contribution in [2.75, 3.05) is 35.2 Å². The van der Waals surface area contributed by atoms with Crippen LogP contribution >= 0.6 is 11.6 Å². The zero-order chi connectivity index (χ0) is 24.0. The smallest absolute Gasteiger partial charge is 0.295 e. The van der Waals surface area contributed by atoms with E-state index in [9.17, 15) is 9.90 Å². The summed E-state index contributed by atoms with van der Waals surface area (Å²) in [4.78, 5) is 23.9. The number of nitrogens with zero attached hydrogens (tertiary/aromatic N) is 4. The molecule has 0 bridgehead atoms. The SMILES string of the molecule is CC1CCOc2c(c3cc(Nc4nc(N5C[C@@H](C)C[C@@H](O)C5)ncc4Cl)ccc3n(C)c2=O)N1. The van der Waals surface area contributed by atoms with Crippen LogP contribution in [0.1, 0.15) is 26.7 Å². The van der Waals surface area contributed by atoms with Crippen molar-refractivity contribution in [3.05, 3.63) is 39.8 Å². The lowest BCUT2D eigenvalue weighted by atomic mass is 9.98. The zero-order valence-electron chi connectivity index (χ0n) is 19.5. The number of aryl methyl sites for hydroxylation is 1.